The standard InChI is InChI=1S/C14H17ClN2OS2/c1-9(2)14(11-4-3-5-19-11)17-12(18)6-13-16-10(7-15)8-20-13/h3-5,8-9,14H,6-7H2,1-2H3,(H,17,18). The van der Waals surface area contributed by atoms with E-state index in [4.69, 9.17) is 11.6 Å². The summed E-state index contributed by atoms with van der Waals surface area (Å²) in [5, 5.41) is 7.84. The topological polar surface area (TPSA) is 42.0 Å². The van der Waals surface area contributed by atoms with Crippen molar-refractivity contribution in [1.82, 2.24) is 10.3 Å². The third kappa shape index (κ3) is 4.04. The fourth-order valence-electron chi connectivity index (χ4n) is 1.89. The number of alkyl halides is 1. The highest BCUT2D eigenvalue weighted by Crippen LogP contribution is 2.26. The Balaban J connectivity index is 1.98. The number of aromatic nitrogens is 1. The second kappa shape index (κ2) is 7.20. The van der Waals surface area contributed by atoms with Crippen molar-refractivity contribution >= 4 is 40.2 Å². The molecule has 0 saturated carbocycles. The van der Waals surface area contributed by atoms with Crippen molar-refractivity contribution in [3.05, 3.63) is 38.5 Å². The number of carbonyl (C=O) groups is 1. The molecule has 20 heavy (non-hydrogen) atoms. The van der Waals surface area contributed by atoms with Gasteiger partial charge in [-0.1, -0.05) is 19.9 Å². The molecule has 0 fully saturated rings. The van der Waals surface area contributed by atoms with E-state index in [0.29, 0.717) is 18.2 Å². The van der Waals surface area contributed by atoms with Crippen molar-refractivity contribution in [1.29, 1.82) is 0 Å². The zero-order chi connectivity index (χ0) is 14.5. The third-order valence-electron chi connectivity index (χ3n) is 2.88. The molecule has 0 aliphatic rings. The summed E-state index contributed by atoms with van der Waals surface area (Å²) in [4.78, 5) is 17.6. The van der Waals surface area contributed by atoms with E-state index in [1.165, 1.54) is 16.2 Å². The first-order chi connectivity index (χ1) is 9.60. The highest BCUT2D eigenvalue weighted by atomic mass is 35.5. The fourth-order valence-corrected chi connectivity index (χ4v) is 3.86. The van der Waals surface area contributed by atoms with E-state index in [2.05, 4.69) is 30.2 Å². The van der Waals surface area contributed by atoms with E-state index in [0.717, 1.165) is 10.7 Å². The van der Waals surface area contributed by atoms with Gasteiger partial charge < -0.3 is 5.32 Å². The lowest BCUT2D eigenvalue weighted by Crippen LogP contribution is -2.32. The number of rotatable bonds is 6. The number of amides is 1. The highest BCUT2D eigenvalue weighted by Gasteiger charge is 2.19. The van der Waals surface area contributed by atoms with Gasteiger partial charge in [-0.3, -0.25) is 4.79 Å². The number of nitrogens with zero attached hydrogens (tertiary/aromatic N) is 1. The van der Waals surface area contributed by atoms with E-state index in [-0.39, 0.29) is 11.9 Å². The highest BCUT2D eigenvalue weighted by molar-refractivity contribution is 7.10. The van der Waals surface area contributed by atoms with Gasteiger partial charge in [0, 0.05) is 10.3 Å². The Labute approximate surface area is 132 Å². The first kappa shape index (κ1) is 15.5. The second-order valence-electron chi connectivity index (χ2n) is 4.85. The maximum Gasteiger partial charge on any atom is 0.227 e. The average molecular weight is 329 g/mol. The van der Waals surface area contributed by atoms with Crippen molar-refractivity contribution in [3.63, 3.8) is 0 Å². The molecule has 3 nitrogen and oxygen atoms in total. The van der Waals surface area contributed by atoms with Crippen LogP contribution in [0.2, 0.25) is 0 Å². The lowest BCUT2D eigenvalue weighted by Gasteiger charge is -2.21. The zero-order valence-electron chi connectivity index (χ0n) is 11.4. The molecule has 0 aromatic carbocycles. The van der Waals surface area contributed by atoms with Crippen molar-refractivity contribution < 1.29 is 4.79 Å². The van der Waals surface area contributed by atoms with Crippen molar-refractivity contribution in [3.8, 4) is 0 Å². The van der Waals surface area contributed by atoms with Gasteiger partial charge in [0.05, 0.1) is 24.0 Å². The van der Waals surface area contributed by atoms with Crippen LogP contribution in [0, 0.1) is 5.92 Å². The molecule has 108 valence electrons. The summed E-state index contributed by atoms with van der Waals surface area (Å²) >= 11 is 8.87. The van der Waals surface area contributed by atoms with Crippen molar-refractivity contribution in [2.45, 2.75) is 32.2 Å². The Bertz CT molecular complexity index is 551. The van der Waals surface area contributed by atoms with Gasteiger partial charge in [-0.15, -0.1) is 34.3 Å². The molecular weight excluding hydrogens is 312 g/mol. The summed E-state index contributed by atoms with van der Waals surface area (Å²) in [5.41, 5.74) is 0.832. The van der Waals surface area contributed by atoms with Gasteiger partial charge in [0.2, 0.25) is 5.91 Å². The summed E-state index contributed by atoms with van der Waals surface area (Å²) in [7, 11) is 0. The number of hydrogen-bond acceptors (Lipinski definition) is 4. The van der Waals surface area contributed by atoms with Crippen LogP contribution < -0.4 is 5.32 Å². The van der Waals surface area contributed by atoms with E-state index < -0.39 is 0 Å². The molecule has 2 aromatic rings. The minimum absolute atomic E-state index is 0.00701. The predicted molar refractivity (Wildman–Crippen MR) is 85.4 cm³/mol. The summed E-state index contributed by atoms with van der Waals surface area (Å²) in [5.74, 6) is 0.752. The summed E-state index contributed by atoms with van der Waals surface area (Å²) in [6, 6.07) is 4.13. The number of halogens is 1. The van der Waals surface area contributed by atoms with Crippen molar-refractivity contribution in [2.24, 2.45) is 5.92 Å². The quantitative estimate of drug-likeness (QED) is 0.814. The van der Waals surface area contributed by atoms with Crippen LogP contribution in [0.3, 0.4) is 0 Å². The van der Waals surface area contributed by atoms with Crippen LogP contribution in [-0.4, -0.2) is 10.9 Å². The van der Waals surface area contributed by atoms with Gasteiger partial charge in [-0.05, 0) is 17.4 Å². The third-order valence-corrected chi connectivity index (χ3v) is 5.01. The molecule has 0 aliphatic carbocycles. The first-order valence-electron chi connectivity index (χ1n) is 6.42. The van der Waals surface area contributed by atoms with E-state index >= 15 is 0 Å². The summed E-state index contributed by atoms with van der Waals surface area (Å²) in [6.45, 7) is 4.22. The normalized spacial score (nSPS) is 12.6. The number of hydrogen-bond donors (Lipinski definition) is 1. The molecule has 2 heterocycles. The van der Waals surface area contributed by atoms with Gasteiger partial charge in [0.1, 0.15) is 5.01 Å². The smallest absolute Gasteiger partial charge is 0.227 e. The van der Waals surface area contributed by atoms with E-state index in [1.54, 1.807) is 11.3 Å². The number of thiophene rings is 1. The Morgan fingerprint density at radius 3 is 2.80 bits per heavy atom. The molecule has 0 spiro atoms. The van der Waals surface area contributed by atoms with Crippen LogP contribution >= 0.6 is 34.3 Å². The minimum atomic E-state index is 0.00701. The Hall–Kier alpha value is -0.910. The maximum absolute atomic E-state index is 12.1. The molecule has 2 rings (SSSR count). The SMILES string of the molecule is CC(C)C(NC(=O)Cc1nc(CCl)cs1)c1cccs1. The molecule has 1 atom stereocenters. The van der Waals surface area contributed by atoms with Crippen molar-refractivity contribution in [2.75, 3.05) is 0 Å². The summed E-state index contributed by atoms with van der Waals surface area (Å²) in [6.07, 6.45) is 0.316. The Morgan fingerprint density at radius 2 is 2.25 bits per heavy atom. The van der Waals surface area contributed by atoms with E-state index in [1.807, 2.05) is 16.8 Å². The number of thiazole rings is 1. The molecule has 0 radical (unpaired) electrons. The lowest BCUT2D eigenvalue weighted by atomic mass is 10.0. The molecule has 0 aliphatic heterocycles. The zero-order valence-corrected chi connectivity index (χ0v) is 13.8. The number of nitrogens with one attached hydrogen (secondary N) is 1. The number of carbonyl (C=O) groups excluding carboxylic acids is 1. The average Bonchev–Trinajstić information content (AvgIpc) is 3.06. The van der Waals surface area contributed by atoms with Crippen LogP contribution in [0.1, 0.15) is 35.5 Å². The molecule has 6 heteroatoms. The molecule has 0 saturated heterocycles. The molecule has 1 N–H and O–H groups in total. The molecular formula is C14H17ClN2OS2. The minimum Gasteiger partial charge on any atom is -0.348 e. The van der Waals surface area contributed by atoms with Crippen LogP contribution in [0.15, 0.2) is 22.9 Å². The monoisotopic (exact) mass is 328 g/mol. The van der Waals surface area contributed by atoms with Gasteiger partial charge in [-0.2, -0.15) is 0 Å². The molecule has 1 unspecified atom stereocenters. The molecule has 2 aromatic heterocycles. The Kier molecular flexibility index (Phi) is 5.57. The molecule has 1 amide bonds. The van der Waals surface area contributed by atoms with Crippen LogP contribution in [0.25, 0.3) is 0 Å². The van der Waals surface area contributed by atoms with Gasteiger partial charge in [-0.25, -0.2) is 4.98 Å². The second-order valence-corrected chi connectivity index (χ2v) is 7.04. The van der Waals surface area contributed by atoms with Gasteiger partial charge in [0.15, 0.2) is 0 Å². The maximum atomic E-state index is 12.1. The van der Waals surface area contributed by atoms with Crippen LogP contribution in [-0.2, 0) is 17.1 Å². The van der Waals surface area contributed by atoms with E-state index in [9.17, 15) is 4.79 Å². The van der Waals surface area contributed by atoms with Crippen LogP contribution in [0.5, 0.6) is 0 Å². The van der Waals surface area contributed by atoms with Crippen LogP contribution in [0.4, 0.5) is 0 Å². The van der Waals surface area contributed by atoms with Gasteiger partial charge in [0.25, 0.3) is 0 Å². The predicted octanol–water partition coefficient (Wildman–Crippen LogP) is 4.00. The summed E-state index contributed by atoms with van der Waals surface area (Å²) < 4.78 is 0. The van der Waals surface area contributed by atoms with Gasteiger partial charge >= 0.3 is 0 Å². The molecule has 0 bridgehead atoms. The Morgan fingerprint density at radius 1 is 1.45 bits per heavy atom. The first-order valence-corrected chi connectivity index (χ1v) is 8.71. The fraction of sp³-hybridized carbons (Fsp3) is 0.429. The lowest BCUT2D eigenvalue weighted by molar-refractivity contribution is -0.121. The largest absolute Gasteiger partial charge is 0.348 e.